The van der Waals surface area contributed by atoms with Crippen LogP contribution < -0.4 is 15.4 Å². The number of β-amino-alcohol motifs (C(OH)–C–C–N with tert-alkyl or cyclic N) is 1. The molecular formula is C18H18N4O4. The van der Waals surface area contributed by atoms with Crippen molar-refractivity contribution in [2.45, 2.75) is 18.6 Å². The summed E-state index contributed by atoms with van der Waals surface area (Å²) in [5.41, 5.74) is 2.31. The molecule has 1 fully saturated rings. The van der Waals surface area contributed by atoms with Crippen molar-refractivity contribution in [2.75, 3.05) is 19.0 Å². The molecule has 0 saturated carbocycles. The van der Waals surface area contributed by atoms with E-state index < -0.39 is 12.1 Å². The highest BCUT2D eigenvalue weighted by molar-refractivity contribution is 5.97. The lowest BCUT2D eigenvalue weighted by molar-refractivity contribution is -0.117. The van der Waals surface area contributed by atoms with Gasteiger partial charge >= 0.3 is 0 Å². The Kier molecular flexibility index (Phi) is 4.27. The largest absolute Gasteiger partial charge is 0.495 e. The summed E-state index contributed by atoms with van der Waals surface area (Å²) in [6, 6.07) is 8.42. The molecule has 1 amide bonds. The molecule has 1 saturated heterocycles. The van der Waals surface area contributed by atoms with Crippen LogP contribution in [-0.4, -0.2) is 46.8 Å². The Morgan fingerprint density at radius 3 is 3.04 bits per heavy atom. The Morgan fingerprint density at radius 2 is 2.31 bits per heavy atom. The Labute approximate surface area is 149 Å². The van der Waals surface area contributed by atoms with Crippen molar-refractivity contribution in [3.8, 4) is 17.2 Å². The number of aliphatic hydroxyl groups is 1. The second kappa shape index (κ2) is 6.74. The van der Waals surface area contributed by atoms with Gasteiger partial charge in [-0.3, -0.25) is 4.79 Å². The number of carbonyl (C=O) groups excluding carboxylic acids is 1. The first-order valence-corrected chi connectivity index (χ1v) is 8.26. The number of hydrogen-bond donors (Lipinski definition) is 3. The molecule has 0 unspecified atom stereocenters. The number of pyridine rings is 1. The summed E-state index contributed by atoms with van der Waals surface area (Å²) in [7, 11) is 1.53. The number of anilines is 1. The molecule has 2 atom stereocenters. The summed E-state index contributed by atoms with van der Waals surface area (Å²) >= 11 is 0. The van der Waals surface area contributed by atoms with Gasteiger partial charge in [0.15, 0.2) is 11.2 Å². The van der Waals surface area contributed by atoms with Crippen LogP contribution in [0.1, 0.15) is 6.42 Å². The van der Waals surface area contributed by atoms with Crippen molar-refractivity contribution >= 4 is 22.8 Å². The number of amides is 1. The first-order chi connectivity index (χ1) is 12.6. The highest BCUT2D eigenvalue weighted by Crippen LogP contribution is 2.31. The van der Waals surface area contributed by atoms with Crippen molar-refractivity contribution in [1.29, 1.82) is 0 Å². The Bertz CT molecular complexity index is 922. The Morgan fingerprint density at radius 1 is 1.42 bits per heavy atom. The monoisotopic (exact) mass is 354 g/mol. The van der Waals surface area contributed by atoms with Crippen LogP contribution in [0.2, 0.25) is 0 Å². The lowest BCUT2D eigenvalue weighted by Crippen LogP contribution is -2.35. The van der Waals surface area contributed by atoms with E-state index in [0.717, 1.165) is 0 Å². The van der Waals surface area contributed by atoms with Crippen LogP contribution in [0.25, 0.3) is 22.7 Å². The van der Waals surface area contributed by atoms with Gasteiger partial charge in [0.2, 0.25) is 11.8 Å². The minimum atomic E-state index is -0.508. The first-order valence-electron chi connectivity index (χ1n) is 8.26. The fraction of sp³-hybridized carbons (Fsp3) is 0.278. The van der Waals surface area contributed by atoms with Gasteiger partial charge in [-0.2, -0.15) is 4.98 Å². The third-order valence-electron chi connectivity index (χ3n) is 4.29. The molecule has 1 aliphatic heterocycles. The number of methoxy groups -OCH3 is 1. The molecule has 3 N–H and O–H groups in total. The average Bonchev–Trinajstić information content (AvgIpc) is 3.27. The number of ether oxygens (including phenoxy) is 1. The number of nitrogens with zero attached hydrogens (tertiary/aromatic N) is 2. The molecule has 0 aliphatic carbocycles. The number of nitrogens with one attached hydrogen (secondary N) is 2. The number of hydrogen-bond acceptors (Lipinski definition) is 7. The molecule has 3 heterocycles. The SMILES string of the molecule is COc1ccc(-c2nc3ncccc3o2)cc1NC(=O)[C@@H]1C[C@@H](O)CN1. The zero-order chi connectivity index (χ0) is 18.1. The number of aromatic nitrogens is 2. The van der Waals surface area contributed by atoms with Gasteiger partial charge in [-0.25, -0.2) is 4.98 Å². The molecule has 134 valence electrons. The summed E-state index contributed by atoms with van der Waals surface area (Å²) < 4.78 is 11.1. The van der Waals surface area contributed by atoms with Crippen LogP contribution in [0, 0.1) is 0 Å². The highest BCUT2D eigenvalue weighted by atomic mass is 16.5. The van der Waals surface area contributed by atoms with E-state index in [2.05, 4.69) is 20.6 Å². The van der Waals surface area contributed by atoms with Crippen molar-refractivity contribution in [2.24, 2.45) is 0 Å². The quantitative estimate of drug-likeness (QED) is 0.652. The number of rotatable bonds is 4. The molecule has 0 spiro atoms. The van der Waals surface area contributed by atoms with E-state index in [0.29, 0.717) is 47.1 Å². The number of fused-ring (bicyclic) bond motifs is 1. The molecule has 3 aromatic rings. The molecule has 4 rings (SSSR count). The molecule has 8 heteroatoms. The summed E-state index contributed by atoms with van der Waals surface area (Å²) in [5, 5.41) is 15.4. The normalized spacial score (nSPS) is 19.6. The van der Waals surface area contributed by atoms with Gasteiger partial charge < -0.3 is 24.9 Å². The van der Waals surface area contributed by atoms with E-state index in [-0.39, 0.29) is 5.91 Å². The predicted octanol–water partition coefficient (Wildman–Crippen LogP) is 1.56. The summed E-state index contributed by atoms with van der Waals surface area (Å²) in [4.78, 5) is 21.0. The van der Waals surface area contributed by atoms with Crippen LogP contribution >= 0.6 is 0 Å². The van der Waals surface area contributed by atoms with Gasteiger partial charge in [0.25, 0.3) is 0 Å². The standard InChI is InChI=1S/C18H18N4O4/c1-25-14-5-4-10(18-22-16-15(26-18)3-2-6-19-16)7-12(14)21-17(24)13-8-11(23)9-20-13/h2-7,11,13,20,23H,8-9H2,1H3,(H,21,24)/t11-,13+/m1/s1. The maximum Gasteiger partial charge on any atom is 0.241 e. The minimum Gasteiger partial charge on any atom is -0.495 e. The van der Waals surface area contributed by atoms with Crippen molar-refractivity contribution < 1.29 is 19.1 Å². The van der Waals surface area contributed by atoms with E-state index in [9.17, 15) is 9.90 Å². The fourth-order valence-electron chi connectivity index (χ4n) is 2.97. The minimum absolute atomic E-state index is 0.226. The maximum atomic E-state index is 12.4. The molecule has 0 radical (unpaired) electrons. The lowest BCUT2D eigenvalue weighted by atomic mass is 10.1. The van der Waals surface area contributed by atoms with E-state index in [4.69, 9.17) is 9.15 Å². The molecule has 1 aromatic carbocycles. The molecule has 1 aliphatic rings. The van der Waals surface area contributed by atoms with E-state index in [1.165, 1.54) is 7.11 Å². The number of benzene rings is 1. The smallest absolute Gasteiger partial charge is 0.241 e. The maximum absolute atomic E-state index is 12.4. The van der Waals surface area contributed by atoms with Gasteiger partial charge in [-0.15, -0.1) is 0 Å². The van der Waals surface area contributed by atoms with E-state index >= 15 is 0 Å². The van der Waals surface area contributed by atoms with E-state index in [1.807, 2.05) is 0 Å². The third kappa shape index (κ3) is 3.12. The van der Waals surface area contributed by atoms with Gasteiger partial charge in [-0.05, 0) is 36.8 Å². The van der Waals surface area contributed by atoms with Crippen LogP contribution in [-0.2, 0) is 4.79 Å². The van der Waals surface area contributed by atoms with Crippen LogP contribution in [0.15, 0.2) is 40.9 Å². The predicted molar refractivity (Wildman–Crippen MR) is 94.8 cm³/mol. The first kappa shape index (κ1) is 16.5. The highest BCUT2D eigenvalue weighted by Gasteiger charge is 2.28. The van der Waals surface area contributed by atoms with Crippen LogP contribution in [0.5, 0.6) is 5.75 Å². The van der Waals surface area contributed by atoms with Crippen molar-refractivity contribution in [1.82, 2.24) is 15.3 Å². The zero-order valence-electron chi connectivity index (χ0n) is 14.1. The lowest BCUT2D eigenvalue weighted by Gasteiger charge is -2.14. The van der Waals surface area contributed by atoms with Gasteiger partial charge in [-0.1, -0.05) is 0 Å². The second-order valence-corrected chi connectivity index (χ2v) is 6.10. The molecule has 2 aromatic heterocycles. The summed E-state index contributed by atoms with van der Waals surface area (Å²) in [5.74, 6) is 0.706. The van der Waals surface area contributed by atoms with Gasteiger partial charge in [0.1, 0.15) is 5.75 Å². The molecule has 26 heavy (non-hydrogen) atoms. The Balaban J connectivity index is 1.63. The van der Waals surface area contributed by atoms with Crippen LogP contribution in [0.3, 0.4) is 0 Å². The molecular weight excluding hydrogens is 336 g/mol. The number of aliphatic hydroxyl groups excluding tert-OH is 1. The van der Waals surface area contributed by atoms with Crippen molar-refractivity contribution in [3.63, 3.8) is 0 Å². The average molecular weight is 354 g/mol. The van der Waals surface area contributed by atoms with Crippen molar-refractivity contribution in [3.05, 3.63) is 36.5 Å². The molecule has 0 bridgehead atoms. The third-order valence-corrected chi connectivity index (χ3v) is 4.29. The number of carbonyl (C=O) groups is 1. The topological polar surface area (TPSA) is 110 Å². The fourth-order valence-corrected chi connectivity index (χ4v) is 2.97. The summed E-state index contributed by atoms with van der Waals surface area (Å²) in [6.45, 7) is 0.408. The second-order valence-electron chi connectivity index (χ2n) is 6.10. The zero-order valence-corrected chi connectivity index (χ0v) is 14.1. The molecule has 8 nitrogen and oxygen atoms in total. The van der Waals surface area contributed by atoms with Gasteiger partial charge in [0.05, 0.1) is 24.9 Å². The van der Waals surface area contributed by atoms with Crippen LogP contribution in [0.4, 0.5) is 5.69 Å². The van der Waals surface area contributed by atoms with Gasteiger partial charge in [0, 0.05) is 18.3 Å². The number of oxazole rings is 1. The summed E-state index contributed by atoms with van der Waals surface area (Å²) in [6.07, 6.45) is 1.52. The van der Waals surface area contributed by atoms with E-state index in [1.54, 1.807) is 36.5 Å². The Hall–Kier alpha value is -2.97.